The number of nitrogens with zero attached hydrogens (tertiary/aromatic N) is 1. The number of nitrogens with one attached hydrogen (secondary N) is 2. The first-order valence-corrected chi connectivity index (χ1v) is 12.5. The Morgan fingerprint density at radius 1 is 1.26 bits per heavy atom. The molecule has 34 heavy (non-hydrogen) atoms. The lowest BCUT2D eigenvalue weighted by Gasteiger charge is -2.34. The number of carbonyl (C=O) groups excluding carboxylic acids is 1. The van der Waals surface area contributed by atoms with Crippen LogP contribution in [0.1, 0.15) is 69.7 Å². The third kappa shape index (κ3) is 6.49. The van der Waals surface area contributed by atoms with E-state index in [1.54, 1.807) is 0 Å². The first-order chi connectivity index (χ1) is 16.0. The van der Waals surface area contributed by atoms with Crippen LogP contribution in [0, 0.1) is 5.41 Å². The highest BCUT2D eigenvalue weighted by Crippen LogP contribution is 2.51. The summed E-state index contributed by atoms with van der Waals surface area (Å²) >= 11 is 6.00. The Labute approximate surface area is 207 Å². The summed E-state index contributed by atoms with van der Waals surface area (Å²) in [5.41, 5.74) is 3.28. The number of pyridine rings is 1. The predicted molar refractivity (Wildman–Crippen MR) is 134 cm³/mol. The third-order valence-corrected chi connectivity index (χ3v) is 6.79. The minimum absolute atomic E-state index is 0.0434. The fraction of sp³-hybridized carbons (Fsp3) is 0.556. The van der Waals surface area contributed by atoms with Crippen molar-refractivity contribution in [1.82, 2.24) is 15.6 Å². The number of aliphatic hydroxyl groups is 1. The predicted octanol–water partition coefficient (Wildman–Crippen LogP) is 4.38. The molecule has 1 spiro atoms. The molecule has 184 valence electrons. The molecule has 3 N–H and O–H groups in total. The van der Waals surface area contributed by atoms with Gasteiger partial charge in [0.25, 0.3) is 0 Å². The maximum Gasteiger partial charge on any atom is 0.218 e. The van der Waals surface area contributed by atoms with E-state index in [2.05, 4.69) is 42.5 Å². The lowest BCUT2D eigenvalue weighted by atomic mass is 9.87. The summed E-state index contributed by atoms with van der Waals surface area (Å²) in [7, 11) is 0. The van der Waals surface area contributed by atoms with E-state index in [9.17, 15) is 9.90 Å². The second-order valence-electron chi connectivity index (χ2n) is 11.1. The van der Waals surface area contributed by atoms with Crippen molar-refractivity contribution in [2.45, 2.75) is 83.6 Å². The van der Waals surface area contributed by atoms with Crippen molar-refractivity contribution in [2.24, 2.45) is 5.41 Å². The number of ether oxygens (including phenoxy) is 1. The molecule has 2 heterocycles. The summed E-state index contributed by atoms with van der Waals surface area (Å²) in [5, 5.41) is 18.2. The summed E-state index contributed by atoms with van der Waals surface area (Å²) in [6.07, 6.45) is 5.54. The zero-order valence-corrected chi connectivity index (χ0v) is 21.3. The molecule has 1 saturated carbocycles. The number of fused-ring (bicyclic) bond motifs is 1. The van der Waals surface area contributed by atoms with Crippen LogP contribution in [0.5, 0.6) is 5.88 Å². The Morgan fingerprint density at radius 3 is 2.59 bits per heavy atom. The normalized spacial score (nSPS) is 20.2. The third-order valence-electron chi connectivity index (χ3n) is 6.54. The van der Waals surface area contributed by atoms with Gasteiger partial charge in [-0.3, -0.25) is 4.79 Å². The fourth-order valence-corrected chi connectivity index (χ4v) is 4.87. The Kier molecular flexibility index (Phi) is 7.22. The monoisotopic (exact) mass is 485 g/mol. The summed E-state index contributed by atoms with van der Waals surface area (Å²) < 4.78 is 6.26. The zero-order valence-electron chi connectivity index (χ0n) is 20.5. The number of amides is 1. The van der Waals surface area contributed by atoms with Crippen LogP contribution in [0.4, 0.5) is 0 Å². The molecular formula is C27H36ClN3O3. The van der Waals surface area contributed by atoms with Crippen molar-refractivity contribution in [3.63, 3.8) is 0 Å². The summed E-state index contributed by atoms with van der Waals surface area (Å²) in [5.74, 6) is 0.537. The van der Waals surface area contributed by atoms with Gasteiger partial charge in [-0.25, -0.2) is 4.98 Å². The molecule has 3 atom stereocenters. The smallest absolute Gasteiger partial charge is 0.218 e. The first-order valence-electron chi connectivity index (χ1n) is 12.1. The Bertz CT molecular complexity index is 1010. The van der Waals surface area contributed by atoms with Gasteiger partial charge in [0.1, 0.15) is 5.60 Å². The standard InChI is InChI=1S/C27H36ClN3O3/c1-17(32)31-22(12-18-5-7-20(28)8-6-18)24(33)16-29-23-14-27(9-10-27)34-25-21(23)11-19(15-30-25)13-26(2,3)4/h5-8,11,15,22-24,29,33H,9-10,12-14,16H2,1-4H3,(H,31,32)/t22-,23-,24+/m0/s1. The fourth-order valence-electron chi connectivity index (χ4n) is 4.74. The van der Waals surface area contributed by atoms with E-state index >= 15 is 0 Å². The van der Waals surface area contributed by atoms with Crippen molar-refractivity contribution < 1.29 is 14.6 Å². The van der Waals surface area contributed by atoms with Crippen molar-refractivity contribution in [3.8, 4) is 5.88 Å². The highest BCUT2D eigenvalue weighted by Gasteiger charge is 2.51. The molecular weight excluding hydrogens is 450 g/mol. The van der Waals surface area contributed by atoms with E-state index in [1.165, 1.54) is 12.5 Å². The largest absolute Gasteiger partial charge is 0.471 e. The van der Waals surface area contributed by atoms with Crippen LogP contribution < -0.4 is 15.4 Å². The average molecular weight is 486 g/mol. The minimum atomic E-state index is -0.758. The van der Waals surface area contributed by atoms with Crippen LogP contribution in [-0.4, -0.2) is 40.3 Å². The van der Waals surface area contributed by atoms with Gasteiger partial charge in [0.05, 0.1) is 12.1 Å². The maximum absolute atomic E-state index is 11.8. The second kappa shape index (κ2) is 9.84. The number of aromatic nitrogens is 1. The molecule has 1 fully saturated rings. The van der Waals surface area contributed by atoms with Gasteiger partial charge in [-0.15, -0.1) is 0 Å². The number of benzene rings is 1. The van der Waals surface area contributed by atoms with Crippen molar-refractivity contribution in [2.75, 3.05) is 6.54 Å². The van der Waals surface area contributed by atoms with E-state index in [0.717, 1.165) is 36.8 Å². The number of halogens is 1. The topological polar surface area (TPSA) is 83.5 Å². The zero-order chi connectivity index (χ0) is 24.5. The molecule has 1 amide bonds. The molecule has 1 aromatic heterocycles. The second-order valence-corrected chi connectivity index (χ2v) is 11.6. The first kappa shape index (κ1) is 25.0. The Balaban J connectivity index is 1.48. The van der Waals surface area contributed by atoms with Crippen LogP contribution in [-0.2, 0) is 17.6 Å². The van der Waals surface area contributed by atoms with Crippen LogP contribution in [0.25, 0.3) is 0 Å². The maximum atomic E-state index is 11.8. The van der Waals surface area contributed by atoms with Crippen LogP contribution >= 0.6 is 11.6 Å². The van der Waals surface area contributed by atoms with Gasteiger partial charge in [0.2, 0.25) is 11.8 Å². The molecule has 0 bridgehead atoms. The molecule has 1 aliphatic heterocycles. The van der Waals surface area contributed by atoms with E-state index in [4.69, 9.17) is 16.3 Å². The highest BCUT2D eigenvalue weighted by molar-refractivity contribution is 6.30. The molecule has 0 radical (unpaired) electrons. The number of aliphatic hydroxyl groups excluding tert-OH is 1. The summed E-state index contributed by atoms with van der Waals surface area (Å²) in [6.45, 7) is 8.48. The highest BCUT2D eigenvalue weighted by atomic mass is 35.5. The molecule has 1 aliphatic carbocycles. The number of hydrogen-bond acceptors (Lipinski definition) is 5. The van der Waals surface area contributed by atoms with Crippen molar-refractivity contribution in [1.29, 1.82) is 0 Å². The lowest BCUT2D eigenvalue weighted by Crippen LogP contribution is -2.49. The molecule has 1 aromatic carbocycles. The van der Waals surface area contributed by atoms with E-state index < -0.39 is 12.1 Å². The van der Waals surface area contributed by atoms with Crippen LogP contribution in [0.15, 0.2) is 36.5 Å². The van der Waals surface area contributed by atoms with Gasteiger partial charge >= 0.3 is 0 Å². The van der Waals surface area contributed by atoms with Gasteiger partial charge in [-0.1, -0.05) is 44.5 Å². The molecule has 4 rings (SSSR count). The van der Waals surface area contributed by atoms with Crippen LogP contribution in [0.2, 0.25) is 5.02 Å². The molecule has 0 unspecified atom stereocenters. The Hall–Kier alpha value is -2.15. The van der Waals surface area contributed by atoms with Gasteiger partial charge in [-0.05, 0) is 60.4 Å². The van der Waals surface area contributed by atoms with Crippen LogP contribution in [0.3, 0.4) is 0 Å². The van der Waals surface area contributed by atoms with Gasteiger partial charge < -0.3 is 20.5 Å². The number of carbonyl (C=O) groups is 1. The number of hydrogen-bond donors (Lipinski definition) is 3. The average Bonchev–Trinajstić information content (AvgIpc) is 3.50. The van der Waals surface area contributed by atoms with E-state index in [-0.39, 0.29) is 23.0 Å². The number of rotatable bonds is 8. The van der Waals surface area contributed by atoms with Crippen molar-refractivity contribution in [3.05, 3.63) is 58.2 Å². The van der Waals surface area contributed by atoms with Gasteiger partial charge in [0.15, 0.2) is 0 Å². The molecule has 2 aliphatic rings. The lowest BCUT2D eigenvalue weighted by molar-refractivity contribution is -0.120. The van der Waals surface area contributed by atoms with E-state index in [0.29, 0.717) is 23.9 Å². The van der Waals surface area contributed by atoms with E-state index in [1.807, 2.05) is 30.5 Å². The van der Waals surface area contributed by atoms with Crippen molar-refractivity contribution >= 4 is 17.5 Å². The minimum Gasteiger partial charge on any atom is -0.471 e. The molecule has 0 saturated heterocycles. The summed E-state index contributed by atoms with van der Waals surface area (Å²) in [4.78, 5) is 16.5. The molecule has 6 nitrogen and oxygen atoms in total. The summed E-state index contributed by atoms with van der Waals surface area (Å²) in [6, 6.07) is 9.32. The van der Waals surface area contributed by atoms with Gasteiger partial charge in [0, 0.05) is 42.7 Å². The quantitative estimate of drug-likeness (QED) is 0.517. The molecule has 2 aromatic rings. The van der Waals surface area contributed by atoms with Gasteiger partial charge in [-0.2, -0.15) is 0 Å². The SMILES string of the molecule is CC(=O)N[C@@H](Cc1ccc(Cl)cc1)[C@H](O)CN[C@H]1CC2(CC2)Oc2ncc(CC(C)(C)C)cc21. The molecule has 7 heteroatoms. The Morgan fingerprint density at radius 2 is 1.97 bits per heavy atom.